The Morgan fingerprint density at radius 1 is 1.00 bits per heavy atom. The van der Waals surface area contributed by atoms with Gasteiger partial charge in [-0.1, -0.05) is 42.5 Å². The molecule has 0 aromatic heterocycles. The molecule has 0 bridgehead atoms. The average molecular weight is 447 g/mol. The number of benzene rings is 3. The summed E-state index contributed by atoms with van der Waals surface area (Å²) in [5.41, 5.74) is 3.01. The number of anilines is 2. The smallest absolute Gasteiger partial charge is 0.292 e. The van der Waals surface area contributed by atoms with Gasteiger partial charge in [-0.3, -0.25) is 14.9 Å². The molecule has 3 aromatic rings. The summed E-state index contributed by atoms with van der Waals surface area (Å²) in [6.07, 6.45) is 0. The molecule has 1 saturated heterocycles. The molecule has 1 heterocycles. The van der Waals surface area contributed by atoms with E-state index in [1.54, 1.807) is 25.3 Å². The predicted octanol–water partition coefficient (Wildman–Crippen LogP) is 4.18. The van der Waals surface area contributed by atoms with E-state index in [0.717, 1.165) is 11.3 Å². The molecule has 0 spiro atoms. The van der Waals surface area contributed by atoms with Crippen molar-refractivity contribution in [1.82, 2.24) is 4.90 Å². The van der Waals surface area contributed by atoms with E-state index in [-0.39, 0.29) is 16.5 Å². The van der Waals surface area contributed by atoms with Crippen LogP contribution in [0.4, 0.5) is 17.1 Å². The Balaban J connectivity index is 1.45. The van der Waals surface area contributed by atoms with Crippen LogP contribution in [0.5, 0.6) is 5.75 Å². The zero-order valence-corrected chi connectivity index (χ0v) is 18.4. The Morgan fingerprint density at radius 3 is 2.39 bits per heavy atom. The number of nitro benzene ring substituents is 1. The third-order valence-corrected chi connectivity index (χ3v) is 5.77. The fourth-order valence-corrected chi connectivity index (χ4v) is 3.97. The van der Waals surface area contributed by atoms with Crippen molar-refractivity contribution in [3.05, 3.63) is 94.0 Å². The lowest BCUT2D eigenvalue weighted by Gasteiger charge is -2.36. The molecule has 1 fully saturated rings. The summed E-state index contributed by atoms with van der Waals surface area (Å²) in [5.74, 6) is 0.510. The first-order valence-corrected chi connectivity index (χ1v) is 10.8. The number of nitro groups is 1. The summed E-state index contributed by atoms with van der Waals surface area (Å²) >= 11 is 0. The Bertz CT molecular complexity index is 1130. The van der Waals surface area contributed by atoms with Crippen molar-refractivity contribution >= 4 is 23.0 Å². The van der Waals surface area contributed by atoms with E-state index in [0.29, 0.717) is 49.7 Å². The Morgan fingerprint density at radius 2 is 1.70 bits per heavy atom. The Hall–Kier alpha value is -4.07. The topological polar surface area (TPSA) is 88.0 Å². The number of hydrogen-bond donors (Lipinski definition) is 1. The molecule has 1 aliphatic heterocycles. The number of methoxy groups -OCH3 is 1. The zero-order chi connectivity index (χ0) is 23.2. The van der Waals surface area contributed by atoms with E-state index in [4.69, 9.17) is 4.74 Å². The van der Waals surface area contributed by atoms with Gasteiger partial charge >= 0.3 is 0 Å². The molecule has 8 heteroatoms. The first-order chi connectivity index (χ1) is 16.1. The highest BCUT2D eigenvalue weighted by atomic mass is 16.6. The third kappa shape index (κ3) is 5.06. The van der Waals surface area contributed by atoms with E-state index in [1.165, 1.54) is 6.07 Å². The number of rotatable bonds is 7. The number of piperazine rings is 1. The molecule has 33 heavy (non-hydrogen) atoms. The van der Waals surface area contributed by atoms with Crippen molar-refractivity contribution in [3.8, 4) is 5.75 Å². The zero-order valence-electron chi connectivity index (χ0n) is 18.4. The lowest BCUT2D eigenvalue weighted by atomic mass is 10.1. The van der Waals surface area contributed by atoms with Crippen LogP contribution in [0.2, 0.25) is 0 Å². The molecule has 1 amide bonds. The van der Waals surface area contributed by atoms with Crippen LogP contribution in [0.1, 0.15) is 15.9 Å². The second-order valence-corrected chi connectivity index (χ2v) is 7.78. The van der Waals surface area contributed by atoms with Crippen LogP contribution in [0.15, 0.2) is 72.8 Å². The van der Waals surface area contributed by atoms with Crippen LogP contribution in [-0.2, 0) is 6.54 Å². The number of nitrogens with zero attached hydrogens (tertiary/aromatic N) is 3. The van der Waals surface area contributed by atoms with Crippen molar-refractivity contribution < 1.29 is 14.5 Å². The van der Waals surface area contributed by atoms with Gasteiger partial charge in [0.2, 0.25) is 0 Å². The second-order valence-electron chi connectivity index (χ2n) is 7.78. The molecule has 0 radical (unpaired) electrons. The maximum Gasteiger partial charge on any atom is 0.292 e. The number of carbonyl (C=O) groups excluding carboxylic acids is 1. The summed E-state index contributed by atoms with van der Waals surface area (Å²) in [6.45, 7) is 2.88. The lowest BCUT2D eigenvalue weighted by molar-refractivity contribution is -0.384. The molecule has 1 aliphatic rings. The lowest BCUT2D eigenvalue weighted by Crippen LogP contribution is -2.48. The Kier molecular flexibility index (Phi) is 6.73. The molecule has 170 valence electrons. The highest BCUT2D eigenvalue weighted by Crippen LogP contribution is 2.31. The highest BCUT2D eigenvalue weighted by molar-refractivity contribution is 5.97. The van der Waals surface area contributed by atoms with Crippen molar-refractivity contribution in [2.45, 2.75) is 6.54 Å². The van der Waals surface area contributed by atoms with Crippen LogP contribution >= 0.6 is 0 Å². The molecule has 8 nitrogen and oxygen atoms in total. The summed E-state index contributed by atoms with van der Waals surface area (Å²) < 4.78 is 5.33. The Labute approximate surface area is 192 Å². The molecular formula is C25H26N4O4. The van der Waals surface area contributed by atoms with Gasteiger partial charge in [0.05, 0.1) is 17.6 Å². The van der Waals surface area contributed by atoms with E-state index < -0.39 is 0 Å². The molecule has 0 atom stereocenters. The second kappa shape index (κ2) is 10.0. The summed E-state index contributed by atoms with van der Waals surface area (Å²) in [6, 6.07) is 22.1. The van der Waals surface area contributed by atoms with Crippen LogP contribution in [0.25, 0.3) is 0 Å². The first kappa shape index (κ1) is 22.1. The van der Waals surface area contributed by atoms with Crippen LogP contribution in [0, 0.1) is 10.1 Å². The number of nitrogens with one attached hydrogen (secondary N) is 1. The van der Waals surface area contributed by atoms with Gasteiger partial charge in [0.25, 0.3) is 11.6 Å². The van der Waals surface area contributed by atoms with E-state index in [1.807, 2.05) is 53.4 Å². The molecule has 0 saturated carbocycles. The van der Waals surface area contributed by atoms with Gasteiger partial charge in [0.15, 0.2) is 0 Å². The van der Waals surface area contributed by atoms with E-state index in [9.17, 15) is 14.9 Å². The van der Waals surface area contributed by atoms with Gasteiger partial charge in [-0.05, 0) is 29.8 Å². The quantitative estimate of drug-likeness (QED) is 0.433. The average Bonchev–Trinajstić information content (AvgIpc) is 2.87. The maximum atomic E-state index is 13.0. The van der Waals surface area contributed by atoms with Gasteiger partial charge in [-0.15, -0.1) is 0 Å². The van der Waals surface area contributed by atoms with Crippen molar-refractivity contribution in [2.24, 2.45) is 0 Å². The maximum absolute atomic E-state index is 13.0. The molecule has 1 N–H and O–H groups in total. The normalized spacial score (nSPS) is 13.5. The largest absolute Gasteiger partial charge is 0.496 e. The number of para-hydroxylation sites is 1. The standard InChI is InChI=1S/C25H26N4O4/c1-33-24-10-6-5-9-21(24)25(30)28-15-13-27(14-16-28)20-11-12-23(29(31)32)22(17-20)26-18-19-7-3-2-4-8-19/h2-12,17,26H,13-16,18H2,1H3. The van der Waals surface area contributed by atoms with Gasteiger partial charge in [0.1, 0.15) is 11.4 Å². The highest BCUT2D eigenvalue weighted by Gasteiger charge is 2.25. The van der Waals surface area contributed by atoms with E-state index >= 15 is 0 Å². The van der Waals surface area contributed by atoms with Crippen molar-refractivity contribution in [3.63, 3.8) is 0 Å². The number of hydrogen-bond acceptors (Lipinski definition) is 6. The molecular weight excluding hydrogens is 420 g/mol. The van der Waals surface area contributed by atoms with Crippen LogP contribution in [-0.4, -0.2) is 49.0 Å². The number of carbonyl (C=O) groups is 1. The van der Waals surface area contributed by atoms with E-state index in [2.05, 4.69) is 10.2 Å². The first-order valence-electron chi connectivity index (χ1n) is 10.8. The molecule has 0 aliphatic carbocycles. The number of ether oxygens (including phenoxy) is 1. The fourth-order valence-electron chi connectivity index (χ4n) is 3.97. The summed E-state index contributed by atoms with van der Waals surface area (Å²) in [7, 11) is 1.56. The molecule has 0 unspecified atom stereocenters. The monoisotopic (exact) mass is 446 g/mol. The van der Waals surface area contributed by atoms with Crippen molar-refractivity contribution in [2.75, 3.05) is 43.5 Å². The van der Waals surface area contributed by atoms with Gasteiger partial charge in [-0.2, -0.15) is 0 Å². The molecule has 3 aromatic carbocycles. The minimum absolute atomic E-state index is 0.0414. The van der Waals surface area contributed by atoms with Gasteiger partial charge < -0.3 is 19.9 Å². The predicted molar refractivity (Wildman–Crippen MR) is 128 cm³/mol. The minimum atomic E-state index is -0.374. The van der Waals surface area contributed by atoms with Crippen LogP contribution < -0.4 is 15.0 Å². The summed E-state index contributed by atoms with van der Waals surface area (Å²) in [4.78, 5) is 28.1. The SMILES string of the molecule is COc1ccccc1C(=O)N1CCN(c2ccc([N+](=O)[O-])c(NCc3ccccc3)c2)CC1. The minimum Gasteiger partial charge on any atom is -0.496 e. The van der Waals surface area contributed by atoms with Gasteiger partial charge in [-0.25, -0.2) is 0 Å². The van der Waals surface area contributed by atoms with Crippen molar-refractivity contribution in [1.29, 1.82) is 0 Å². The number of amides is 1. The fraction of sp³-hybridized carbons (Fsp3) is 0.240. The van der Waals surface area contributed by atoms with Crippen LogP contribution in [0.3, 0.4) is 0 Å². The third-order valence-electron chi connectivity index (χ3n) is 5.77. The summed E-state index contributed by atoms with van der Waals surface area (Å²) in [5, 5.41) is 14.7. The molecule has 4 rings (SSSR count). The van der Waals surface area contributed by atoms with Gasteiger partial charge in [0, 0.05) is 44.5 Å².